The molecule has 0 amide bonds. The molecule has 0 bridgehead atoms. The lowest BCUT2D eigenvalue weighted by Gasteiger charge is -2.31. The predicted octanol–water partition coefficient (Wildman–Crippen LogP) is 2.24. The average Bonchev–Trinajstić information content (AvgIpc) is 3.08. The fourth-order valence-corrected chi connectivity index (χ4v) is 3.54. The van der Waals surface area contributed by atoms with Crippen molar-refractivity contribution < 1.29 is 9.84 Å². The third-order valence-electron chi connectivity index (χ3n) is 4.59. The lowest BCUT2D eigenvalue weighted by molar-refractivity contribution is -0.00620. The molecule has 4 heteroatoms. The molecule has 4 nitrogen and oxygen atoms in total. The van der Waals surface area contributed by atoms with Crippen LogP contribution in [0.15, 0.2) is 36.8 Å². The van der Waals surface area contributed by atoms with Crippen molar-refractivity contribution in [1.82, 2.24) is 9.55 Å². The third-order valence-corrected chi connectivity index (χ3v) is 4.59. The number of benzene rings is 1. The number of imidazole rings is 1. The number of nitrogens with zero attached hydrogens (tertiary/aromatic N) is 2. The van der Waals surface area contributed by atoms with Gasteiger partial charge in [-0.25, -0.2) is 4.98 Å². The first kappa shape index (κ1) is 12.1. The molecule has 0 aliphatic carbocycles. The predicted molar refractivity (Wildman–Crippen MR) is 75.4 cm³/mol. The van der Waals surface area contributed by atoms with E-state index in [1.807, 2.05) is 24.7 Å². The van der Waals surface area contributed by atoms with Crippen LogP contribution in [0.4, 0.5) is 0 Å². The highest BCUT2D eigenvalue weighted by atomic mass is 16.5. The van der Waals surface area contributed by atoms with Gasteiger partial charge in [0.1, 0.15) is 0 Å². The van der Waals surface area contributed by atoms with Gasteiger partial charge in [-0.3, -0.25) is 0 Å². The van der Waals surface area contributed by atoms with Gasteiger partial charge in [0.2, 0.25) is 0 Å². The summed E-state index contributed by atoms with van der Waals surface area (Å²) in [6, 6.07) is 8.31. The maximum atomic E-state index is 10.9. The summed E-state index contributed by atoms with van der Waals surface area (Å²) in [5, 5.41) is 10.9. The molecule has 0 radical (unpaired) electrons. The lowest BCUT2D eigenvalue weighted by Crippen LogP contribution is -2.34. The van der Waals surface area contributed by atoms with Crippen LogP contribution >= 0.6 is 0 Å². The molecule has 1 fully saturated rings. The minimum Gasteiger partial charge on any atom is -0.390 e. The van der Waals surface area contributed by atoms with Crippen LogP contribution in [-0.2, 0) is 4.74 Å². The molecule has 2 aliphatic rings. The first-order valence-electron chi connectivity index (χ1n) is 7.23. The maximum Gasteiger partial charge on any atom is 0.0957 e. The minimum atomic E-state index is -0.379. The Labute approximate surface area is 118 Å². The van der Waals surface area contributed by atoms with Crippen molar-refractivity contribution in [3.8, 4) is 11.3 Å². The third kappa shape index (κ3) is 1.72. The van der Waals surface area contributed by atoms with Crippen molar-refractivity contribution in [2.75, 3.05) is 13.2 Å². The van der Waals surface area contributed by atoms with Crippen molar-refractivity contribution in [3.63, 3.8) is 0 Å². The molecule has 3 heterocycles. The summed E-state index contributed by atoms with van der Waals surface area (Å²) in [5.74, 6) is 0.301. The second kappa shape index (κ2) is 4.72. The molecule has 1 aromatic carbocycles. The summed E-state index contributed by atoms with van der Waals surface area (Å²) in [7, 11) is 0. The van der Waals surface area contributed by atoms with Crippen LogP contribution in [0.1, 0.15) is 24.4 Å². The van der Waals surface area contributed by atoms with Crippen molar-refractivity contribution >= 4 is 0 Å². The van der Waals surface area contributed by atoms with E-state index in [4.69, 9.17) is 4.74 Å². The van der Waals surface area contributed by atoms with E-state index in [0.717, 1.165) is 31.7 Å². The summed E-state index contributed by atoms with van der Waals surface area (Å²) in [6.45, 7) is 1.51. The number of ether oxygens (including phenoxy) is 1. The van der Waals surface area contributed by atoms with E-state index in [0.29, 0.717) is 5.92 Å². The van der Waals surface area contributed by atoms with Gasteiger partial charge in [0.15, 0.2) is 0 Å². The number of aromatic nitrogens is 2. The Bertz CT molecular complexity index is 616. The summed E-state index contributed by atoms with van der Waals surface area (Å²) in [6.07, 6.45) is 5.21. The van der Waals surface area contributed by atoms with E-state index in [1.165, 1.54) is 11.1 Å². The molecule has 104 valence electrons. The standard InChI is InChI=1S/C16H18N2O2/c19-16(11-5-7-20-8-6-11)15-13-4-2-1-3-12(13)14-9-17-10-18(14)15/h1-4,9-11,15-16,19H,5-8H2/t15-,16?/m1/s1. The van der Waals surface area contributed by atoms with Gasteiger partial charge in [-0.2, -0.15) is 0 Å². The molecule has 1 unspecified atom stereocenters. The van der Waals surface area contributed by atoms with Gasteiger partial charge in [0.05, 0.1) is 30.4 Å². The number of fused-ring (bicyclic) bond motifs is 3. The molecule has 2 aliphatic heterocycles. The number of hydrogen-bond donors (Lipinski definition) is 1. The zero-order valence-electron chi connectivity index (χ0n) is 11.3. The second-order valence-corrected chi connectivity index (χ2v) is 5.66. The van der Waals surface area contributed by atoms with Crippen LogP contribution in [0.3, 0.4) is 0 Å². The van der Waals surface area contributed by atoms with Crippen molar-refractivity contribution in [2.24, 2.45) is 5.92 Å². The van der Waals surface area contributed by atoms with E-state index in [-0.39, 0.29) is 12.1 Å². The van der Waals surface area contributed by atoms with Crippen molar-refractivity contribution in [1.29, 1.82) is 0 Å². The highest BCUT2D eigenvalue weighted by molar-refractivity contribution is 5.69. The van der Waals surface area contributed by atoms with Gasteiger partial charge in [-0.15, -0.1) is 0 Å². The van der Waals surface area contributed by atoms with Gasteiger partial charge < -0.3 is 14.4 Å². The summed E-state index contributed by atoms with van der Waals surface area (Å²) in [5.41, 5.74) is 3.52. The molecule has 20 heavy (non-hydrogen) atoms. The largest absolute Gasteiger partial charge is 0.390 e. The number of hydrogen-bond acceptors (Lipinski definition) is 3. The molecule has 0 saturated carbocycles. The van der Waals surface area contributed by atoms with Crippen LogP contribution in [0.5, 0.6) is 0 Å². The smallest absolute Gasteiger partial charge is 0.0957 e. The molecule has 4 rings (SSSR count). The molecule has 1 N–H and O–H groups in total. The summed E-state index contributed by atoms with van der Waals surface area (Å²) >= 11 is 0. The van der Waals surface area contributed by atoms with Crippen LogP contribution in [0.2, 0.25) is 0 Å². The quantitative estimate of drug-likeness (QED) is 0.910. The maximum absolute atomic E-state index is 10.9. The monoisotopic (exact) mass is 270 g/mol. The summed E-state index contributed by atoms with van der Waals surface area (Å²) in [4.78, 5) is 4.25. The van der Waals surface area contributed by atoms with Gasteiger partial charge in [0, 0.05) is 18.8 Å². The van der Waals surface area contributed by atoms with Crippen molar-refractivity contribution in [3.05, 3.63) is 42.4 Å². The summed E-state index contributed by atoms with van der Waals surface area (Å²) < 4.78 is 7.52. The Morgan fingerprint density at radius 2 is 2.05 bits per heavy atom. The molecular weight excluding hydrogens is 252 g/mol. The van der Waals surface area contributed by atoms with Gasteiger partial charge in [0.25, 0.3) is 0 Å². The van der Waals surface area contributed by atoms with Crippen LogP contribution in [-0.4, -0.2) is 34.0 Å². The first-order chi connectivity index (χ1) is 9.86. The van der Waals surface area contributed by atoms with Crippen LogP contribution in [0, 0.1) is 5.92 Å². The molecule has 2 atom stereocenters. The zero-order valence-corrected chi connectivity index (χ0v) is 11.3. The Morgan fingerprint density at radius 1 is 1.25 bits per heavy atom. The second-order valence-electron chi connectivity index (χ2n) is 5.66. The van der Waals surface area contributed by atoms with E-state index < -0.39 is 0 Å². The highest BCUT2D eigenvalue weighted by Gasteiger charge is 2.37. The van der Waals surface area contributed by atoms with E-state index >= 15 is 0 Å². The Kier molecular flexibility index (Phi) is 2.86. The SMILES string of the molecule is OC(C1CCOCC1)[C@H]1c2ccccc2-c2cncn21. The lowest BCUT2D eigenvalue weighted by atomic mass is 9.86. The molecule has 1 saturated heterocycles. The Hall–Kier alpha value is -1.65. The molecule has 2 aromatic rings. The normalized spacial score (nSPS) is 23.4. The molecule has 1 aromatic heterocycles. The average molecular weight is 270 g/mol. The van der Waals surface area contributed by atoms with Gasteiger partial charge >= 0.3 is 0 Å². The highest BCUT2D eigenvalue weighted by Crippen LogP contribution is 2.43. The molecular formula is C16H18N2O2. The first-order valence-corrected chi connectivity index (χ1v) is 7.23. The van der Waals surface area contributed by atoms with Gasteiger partial charge in [-0.05, 0) is 24.3 Å². The van der Waals surface area contributed by atoms with Crippen LogP contribution in [0.25, 0.3) is 11.3 Å². The van der Waals surface area contributed by atoms with Crippen LogP contribution < -0.4 is 0 Å². The minimum absolute atomic E-state index is 0.00759. The number of rotatable bonds is 2. The fourth-order valence-electron chi connectivity index (χ4n) is 3.54. The van der Waals surface area contributed by atoms with Crippen molar-refractivity contribution in [2.45, 2.75) is 25.0 Å². The topological polar surface area (TPSA) is 47.3 Å². The van der Waals surface area contributed by atoms with E-state index in [1.54, 1.807) is 0 Å². The zero-order chi connectivity index (χ0) is 13.5. The molecule has 0 spiro atoms. The number of aliphatic hydroxyl groups is 1. The van der Waals surface area contributed by atoms with E-state index in [2.05, 4.69) is 21.7 Å². The Morgan fingerprint density at radius 3 is 2.90 bits per heavy atom. The number of aliphatic hydroxyl groups excluding tert-OH is 1. The Balaban J connectivity index is 1.74. The fraction of sp³-hybridized carbons (Fsp3) is 0.438. The van der Waals surface area contributed by atoms with Gasteiger partial charge in [-0.1, -0.05) is 24.3 Å². The van der Waals surface area contributed by atoms with E-state index in [9.17, 15) is 5.11 Å².